The largest absolute Gasteiger partial charge is 0.369 e. The summed E-state index contributed by atoms with van der Waals surface area (Å²) >= 11 is 0. The normalized spacial score (nSPS) is 19.1. The Labute approximate surface area is 103 Å². The van der Waals surface area contributed by atoms with Gasteiger partial charge in [0.25, 0.3) is 0 Å². The quantitative estimate of drug-likeness (QED) is 0.714. The molecule has 0 bridgehead atoms. The van der Waals surface area contributed by atoms with E-state index in [1.165, 1.54) is 0 Å². The summed E-state index contributed by atoms with van der Waals surface area (Å²) in [4.78, 5) is 24.7. The molecule has 1 atom stereocenters. The van der Waals surface area contributed by atoms with E-state index in [4.69, 9.17) is 11.5 Å². The molecule has 1 rings (SSSR count). The molecule has 0 aromatic rings. The lowest BCUT2D eigenvalue weighted by Gasteiger charge is -2.30. The Morgan fingerprint density at radius 2 is 1.94 bits per heavy atom. The molecule has 1 aliphatic heterocycles. The maximum absolute atomic E-state index is 11.9. The average molecular weight is 241 g/mol. The molecule has 4 N–H and O–H groups in total. The van der Waals surface area contributed by atoms with Crippen molar-refractivity contribution in [3.05, 3.63) is 0 Å². The third kappa shape index (κ3) is 4.34. The lowest BCUT2D eigenvalue weighted by molar-refractivity contribution is -0.135. The summed E-state index contributed by atoms with van der Waals surface area (Å²) in [7, 11) is 0. The van der Waals surface area contributed by atoms with Crippen LogP contribution in [0.5, 0.6) is 0 Å². The second-order valence-electron chi connectivity index (χ2n) is 4.94. The third-order valence-corrected chi connectivity index (χ3v) is 3.50. The second kappa shape index (κ2) is 6.59. The molecular formula is C12H23N3O2. The SMILES string of the molecule is CC(CN)CCC(=O)N1CCC(C(N)=O)CC1. The first-order valence-electron chi connectivity index (χ1n) is 6.31. The number of carbonyl (C=O) groups is 2. The number of likely N-dealkylation sites (tertiary alicyclic amines) is 1. The highest BCUT2D eigenvalue weighted by Gasteiger charge is 2.25. The summed E-state index contributed by atoms with van der Waals surface area (Å²) in [6, 6.07) is 0. The van der Waals surface area contributed by atoms with Crippen LogP contribution in [0.4, 0.5) is 0 Å². The minimum Gasteiger partial charge on any atom is -0.369 e. The van der Waals surface area contributed by atoms with Gasteiger partial charge in [-0.25, -0.2) is 0 Å². The van der Waals surface area contributed by atoms with E-state index in [0.29, 0.717) is 44.8 Å². The lowest BCUT2D eigenvalue weighted by atomic mass is 9.95. The van der Waals surface area contributed by atoms with E-state index in [9.17, 15) is 9.59 Å². The molecule has 0 radical (unpaired) electrons. The van der Waals surface area contributed by atoms with Crippen LogP contribution in [0.3, 0.4) is 0 Å². The van der Waals surface area contributed by atoms with Crippen molar-refractivity contribution in [1.82, 2.24) is 4.90 Å². The predicted octanol–water partition coefficient (Wildman–Crippen LogP) is 0.0853. The van der Waals surface area contributed by atoms with Gasteiger partial charge in [-0.2, -0.15) is 0 Å². The van der Waals surface area contributed by atoms with Gasteiger partial charge < -0.3 is 16.4 Å². The molecule has 1 aliphatic rings. The molecule has 98 valence electrons. The Bertz CT molecular complexity index is 273. The lowest BCUT2D eigenvalue weighted by Crippen LogP contribution is -2.41. The number of carbonyl (C=O) groups excluding carboxylic acids is 2. The standard InChI is InChI=1S/C12H23N3O2/c1-9(8-13)2-3-11(16)15-6-4-10(5-7-15)12(14)17/h9-10H,2-8,13H2,1H3,(H2,14,17). The second-order valence-corrected chi connectivity index (χ2v) is 4.94. The average Bonchev–Trinajstić information content (AvgIpc) is 2.35. The van der Waals surface area contributed by atoms with Crippen LogP contribution in [0.15, 0.2) is 0 Å². The number of hydrogen-bond donors (Lipinski definition) is 2. The van der Waals surface area contributed by atoms with Gasteiger partial charge >= 0.3 is 0 Å². The molecule has 5 heteroatoms. The van der Waals surface area contributed by atoms with Crippen molar-refractivity contribution in [3.63, 3.8) is 0 Å². The summed E-state index contributed by atoms with van der Waals surface area (Å²) in [6.45, 7) is 3.98. The zero-order valence-electron chi connectivity index (χ0n) is 10.5. The molecule has 1 unspecified atom stereocenters. The Morgan fingerprint density at radius 3 is 2.41 bits per heavy atom. The number of rotatable bonds is 5. The van der Waals surface area contributed by atoms with Gasteiger partial charge in [-0.3, -0.25) is 9.59 Å². The number of amides is 2. The Kier molecular flexibility index (Phi) is 5.41. The van der Waals surface area contributed by atoms with Crippen LogP contribution in [-0.4, -0.2) is 36.3 Å². The van der Waals surface area contributed by atoms with Gasteiger partial charge in [-0.15, -0.1) is 0 Å². The Hall–Kier alpha value is -1.10. The monoisotopic (exact) mass is 241 g/mol. The van der Waals surface area contributed by atoms with Gasteiger partial charge in [-0.1, -0.05) is 6.92 Å². The molecule has 1 saturated heterocycles. The van der Waals surface area contributed by atoms with Crippen molar-refractivity contribution in [3.8, 4) is 0 Å². The van der Waals surface area contributed by atoms with Gasteiger partial charge in [0.05, 0.1) is 0 Å². The van der Waals surface area contributed by atoms with Crippen LogP contribution in [0, 0.1) is 11.8 Å². The zero-order chi connectivity index (χ0) is 12.8. The maximum atomic E-state index is 11.9. The number of piperidine rings is 1. The number of nitrogens with two attached hydrogens (primary N) is 2. The molecule has 2 amide bonds. The van der Waals surface area contributed by atoms with Crippen LogP contribution >= 0.6 is 0 Å². The molecule has 17 heavy (non-hydrogen) atoms. The van der Waals surface area contributed by atoms with Crippen LogP contribution in [0.2, 0.25) is 0 Å². The van der Waals surface area contributed by atoms with Gasteiger partial charge in [0.2, 0.25) is 11.8 Å². The molecule has 1 heterocycles. The first kappa shape index (κ1) is 14.0. The van der Waals surface area contributed by atoms with E-state index in [1.54, 1.807) is 0 Å². The topological polar surface area (TPSA) is 89.4 Å². The first-order valence-corrected chi connectivity index (χ1v) is 6.31. The van der Waals surface area contributed by atoms with Crippen molar-refractivity contribution in [2.75, 3.05) is 19.6 Å². The van der Waals surface area contributed by atoms with E-state index >= 15 is 0 Å². The summed E-state index contributed by atoms with van der Waals surface area (Å²) < 4.78 is 0. The minimum atomic E-state index is -0.242. The van der Waals surface area contributed by atoms with Gasteiger partial charge in [0, 0.05) is 25.4 Å². The molecule has 1 fully saturated rings. The highest BCUT2D eigenvalue weighted by atomic mass is 16.2. The van der Waals surface area contributed by atoms with Crippen molar-refractivity contribution in [2.45, 2.75) is 32.6 Å². The number of primary amides is 1. The molecule has 0 aromatic heterocycles. The molecule has 5 nitrogen and oxygen atoms in total. The van der Waals surface area contributed by atoms with Crippen LogP contribution in [-0.2, 0) is 9.59 Å². The molecule has 0 spiro atoms. The van der Waals surface area contributed by atoms with Gasteiger partial charge in [-0.05, 0) is 31.7 Å². The summed E-state index contributed by atoms with van der Waals surface area (Å²) in [5.41, 5.74) is 10.8. The van der Waals surface area contributed by atoms with Gasteiger partial charge in [0.1, 0.15) is 0 Å². The fourth-order valence-electron chi connectivity index (χ4n) is 2.06. The van der Waals surface area contributed by atoms with Crippen molar-refractivity contribution >= 4 is 11.8 Å². The third-order valence-electron chi connectivity index (χ3n) is 3.50. The predicted molar refractivity (Wildman–Crippen MR) is 66.0 cm³/mol. The minimum absolute atomic E-state index is 0.0537. The molecule has 0 saturated carbocycles. The first-order chi connectivity index (χ1) is 8.04. The van der Waals surface area contributed by atoms with E-state index < -0.39 is 0 Å². The molecule has 0 aliphatic carbocycles. The van der Waals surface area contributed by atoms with Crippen molar-refractivity contribution in [2.24, 2.45) is 23.3 Å². The molecular weight excluding hydrogens is 218 g/mol. The highest BCUT2D eigenvalue weighted by Crippen LogP contribution is 2.18. The van der Waals surface area contributed by atoms with E-state index in [1.807, 2.05) is 11.8 Å². The summed E-state index contributed by atoms with van der Waals surface area (Å²) in [5.74, 6) is 0.270. The summed E-state index contributed by atoms with van der Waals surface area (Å²) in [5, 5.41) is 0. The summed E-state index contributed by atoms with van der Waals surface area (Å²) in [6.07, 6.45) is 2.80. The molecule has 0 aromatic carbocycles. The fourth-order valence-corrected chi connectivity index (χ4v) is 2.06. The number of hydrogen-bond acceptors (Lipinski definition) is 3. The Morgan fingerprint density at radius 1 is 1.35 bits per heavy atom. The fraction of sp³-hybridized carbons (Fsp3) is 0.833. The van der Waals surface area contributed by atoms with E-state index in [-0.39, 0.29) is 17.7 Å². The van der Waals surface area contributed by atoms with Crippen LogP contribution in [0.25, 0.3) is 0 Å². The smallest absolute Gasteiger partial charge is 0.222 e. The van der Waals surface area contributed by atoms with Crippen molar-refractivity contribution < 1.29 is 9.59 Å². The highest BCUT2D eigenvalue weighted by molar-refractivity contribution is 5.78. The maximum Gasteiger partial charge on any atom is 0.222 e. The number of nitrogens with zero attached hydrogens (tertiary/aromatic N) is 1. The van der Waals surface area contributed by atoms with Crippen LogP contribution in [0.1, 0.15) is 32.6 Å². The van der Waals surface area contributed by atoms with E-state index in [0.717, 1.165) is 6.42 Å². The van der Waals surface area contributed by atoms with Gasteiger partial charge in [0.15, 0.2) is 0 Å². The van der Waals surface area contributed by atoms with E-state index in [2.05, 4.69) is 0 Å². The Balaban J connectivity index is 2.28. The van der Waals surface area contributed by atoms with Crippen molar-refractivity contribution in [1.29, 1.82) is 0 Å². The van der Waals surface area contributed by atoms with Crippen LogP contribution < -0.4 is 11.5 Å². The zero-order valence-corrected chi connectivity index (χ0v) is 10.5.